The lowest BCUT2D eigenvalue weighted by atomic mass is 9.98. The smallest absolute Gasteiger partial charge is 0.271 e. The highest BCUT2D eigenvalue weighted by Crippen LogP contribution is 2.40. The number of hydrogen-bond donors (Lipinski definition) is 2. The molecule has 10 heteroatoms. The first kappa shape index (κ1) is 24.0. The minimum atomic E-state index is -0.875. The number of nitrogens with zero attached hydrogens (tertiary/aromatic N) is 3. The number of rotatable bonds is 8. The highest BCUT2D eigenvalue weighted by Gasteiger charge is 2.46. The van der Waals surface area contributed by atoms with Crippen molar-refractivity contribution >= 4 is 27.7 Å². The fourth-order valence-electron chi connectivity index (χ4n) is 3.93. The summed E-state index contributed by atoms with van der Waals surface area (Å²) in [6.45, 7) is 4.96. The number of nitriles is 1. The first-order valence-electron chi connectivity index (χ1n) is 10.9. The van der Waals surface area contributed by atoms with Crippen LogP contribution in [0.2, 0.25) is 0 Å². The molecule has 0 radical (unpaired) electrons. The van der Waals surface area contributed by atoms with Crippen LogP contribution in [0.3, 0.4) is 0 Å². The van der Waals surface area contributed by atoms with Crippen LogP contribution >= 0.6 is 15.9 Å². The van der Waals surface area contributed by atoms with Crippen LogP contribution in [0.4, 0.5) is 10.2 Å². The molecule has 1 unspecified atom stereocenters. The van der Waals surface area contributed by atoms with Gasteiger partial charge in [0.25, 0.3) is 6.29 Å². The maximum atomic E-state index is 13.4. The van der Waals surface area contributed by atoms with Crippen LogP contribution < -0.4 is 10.6 Å². The lowest BCUT2D eigenvalue weighted by Gasteiger charge is -2.25. The van der Waals surface area contributed by atoms with Crippen LogP contribution in [0.5, 0.6) is 0 Å². The van der Waals surface area contributed by atoms with Gasteiger partial charge in [0.05, 0.1) is 34.5 Å². The molecule has 8 nitrogen and oxygen atoms in total. The van der Waals surface area contributed by atoms with Crippen molar-refractivity contribution in [3.05, 3.63) is 64.5 Å². The third-order valence-corrected chi connectivity index (χ3v) is 6.92. The Balaban J connectivity index is 1.71. The summed E-state index contributed by atoms with van der Waals surface area (Å²) in [5.41, 5.74) is 2.43. The largest absolute Gasteiger partial charge is 0.455 e. The molecule has 2 aliphatic rings. The molecule has 0 spiro atoms. The molecule has 2 N–H and O–H groups in total. The number of carbonyl (C=O) groups excluding carboxylic acids is 1. The topological polar surface area (TPSA) is 109 Å². The molecule has 4 rings (SSSR count). The lowest BCUT2D eigenvalue weighted by molar-refractivity contribution is -0.121. The summed E-state index contributed by atoms with van der Waals surface area (Å²) >= 11 is 3.45. The van der Waals surface area contributed by atoms with Gasteiger partial charge in [-0.25, -0.2) is 14.4 Å². The fourth-order valence-corrected chi connectivity index (χ4v) is 4.40. The van der Waals surface area contributed by atoms with Crippen LogP contribution in [0, 0.1) is 25.2 Å². The zero-order chi connectivity index (χ0) is 24.5. The van der Waals surface area contributed by atoms with E-state index in [1.165, 1.54) is 12.5 Å². The lowest BCUT2D eigenvalue weighted by Crippen LogP contribution is -2.40. The summed E-state index contributed by atoms with van der Waals surface area (Å²) in [6, 6.07) is 7.53. The van der Waals surface area contributed by atoms with Gasteiger partial charge in [0.2, 0.25) is 5.91 Å². The standard InChI is InChI=1S/C24H25BrFN5O3/c1-13-16(11-27)5-4-6-17(13)14(2)28-21-18(23-33-9-10-34-23)20(29-15(3)30-21)19(25)22(32)31-24(12-26)7-8-24/h4-6,9-10,14,19,23H,7-8,12H2,1-3H3,(H,31,32)(H,28,29,30)/t14-,19?/m1/s1. The quantitative estimate of drug-likeness (QED) is 0.476. The van der Waals surface area contributed by atoms with Crippen molar-refractivity contribution in [2.45, 2.75) is 56.3 Å². The van der Waals surface area contributed by atoms with Crippen molar-refractivity contribution in [1.29, 1.82) is 5.26 Å². The molecule has 2 atom stereocenters. The molecule has 1 aromatic heterocycles. The zero-order valence-corrected chi connectivity index (χ0v) is 20.6. The van der Waals surface area contributed by atoms with Gasteiger partial charge in [-0.05, 0) is 50.8 Å². The third kappa shape index (κ3) is 4.71. The molecule has 1 saturated carbocycles. The van der Waals surface area contributed by atoms with E-state index in [0.29, 0.717) is 41.3 Å². The van der Waals surface area contributed by atoms with Crippen LogP contribution in [0.25, 0.3) is 0 Å². The predicted molar refractivity (Wildman–Crippen MR) is 127 cm³/mol. The van der Waals surface area contributed by atoms with E-state index in [2.05, 4.69) is 42.6 Å². The number of hydrogen-bond acceptors (Lipinski definition) is 7. The van der Waals surface area contributed by atoms with Gasteiger partial charge in [-0.15, -0.1) is 0 Å². The molecule has 34 heavy (non-hydrogen) atoms. The van der Waals surface area contributed by atoms with Gasteiger partial charge >= 0.3 is 0 Å². The summed E-state index contributed by atoms with van der Waals surface area (Å²) in [4.78, 5) is 21.2. The number of anilines is 1. The van der Waals surface area contributed by atoms with Crippen molar-refractivity contribution in [2.24, 2.45) is 0 Å². The Kier molecular flexibility index (Phi) is 6.75. The van der Waals surface area contributed by atoms with Gasteiger partial charge in [0.15, 0.2) is 0 Å². The van der Waals surface area contributed by atoms with Crippen LogP contribution in [0.1, 0.15) is 70.7 Å². The second-order valence-corrected chi connectivity index (χ2v) is 9.47. The Labute approximate surface area is 205 Å². The number of halogens is 2. The van der Waals surface area contributed by atoms with Crippen molar-refractivity contribution in [3.63, 3.8) is 0 Å². The Bertz CT molecular complexity index is 1170. The first-order valence-corrected chi connectivity index (χ1v) is 11.8. The van der Waals surface area contributed by atoms with Gasteiger partial charge in [0, 0.05) is 0 Å². The molecule has 178 valence electrons. The number of amides is 1. The highest BCUT2D eigenvalue weighted by molar-refractivity contribution is 9.09. The molecular formula is C24H25BrFN5O3. The Morgan fingerprint density at radius 1 is 1.32 bits per heavy atom. The van der Waals surface area contributed by atoms with Crippen LogP contribution in [-0.4, -0.2) is 28.1 Å². The number of aromatic nitrogens is 2. The van der Waals surface area contributed by atoms with E-state index in [1.54, 1.807) is 13.0 Å². The molecule has 1 fully saturated rings. The van der Waals surface area contributed by atoms with E-state index in [0.717, 1.165) is 11.1 Å². The molecule has 1 aliphatic carbocycles. The van der Waals surface area contributed by atoms with E-state index in [-0.39, 0.29) is 6.04 Å². The maximum Gasteiger partial charge on any atom is 0.271 e. The molecule has 0 bridgehead atoms. The van der Waals surface area contributed by atoms with E-state index >= 15 is 0 Å². The monoisotopic (exact) mass is 529 g/mol. The summed E-state index contributed by atoms with van der Waals surface area (Å²) in [5, 5.41) is 15.6. The third-order valence-electron chi connectivity index (χ3n) is 6.07. The van der Waals surface area contributed by atoms with Crippen LogP contribution in [0.15, 0.2) is 30.7 Å². The first-order chi connectivity index (χ1) is 16.3. The highest BCUT2D eigenvalue weighted by atomic mass is 79.9. The average Bonchev–Trinajstić information content (AvgIpc) is 3.38. The Hall–Kier alpha value is -3.19. The molecular weight excluding hydrogens is 505 g/mol. The van der Waals surface area contributed by atoms with E-state index in [9.17, 15) is 14.4 Å². The summed E-state index contributed by atoms with van der Waals surface area (Å²) in [7, 11) is 0. The van der Waals surface area contributed by atoms with Crippen molar-refractivity contribution in [1.82, 2.24) is 15.3 Å². The van der Waals surface area contributed by atoms with Crippen molar-refractivity contribution in [2.75, 3.05) is 12.0 Å². The summed E-state index contributed by atoms with van der Waals surface area (Å²) < 4.78 is 24.6. The van der Waals surface area contributed by atoms with E-state index in [4.69, 9.17) is 9.47 Å². The Morgan fingerprint density at radius 3 is 2.65 bits per heavy atom. The minimum absolute atomic E-state index is 0.229. The number of ether oxygens (including phenoxy) is 2. The number of benzene rings is 1. The van der Waals surface area contributed by atoms with Gasteiger partial charge in [-0.1, -0.05) is 28.1 Å². The van der Waals surface area contributed by atoms with E-state index < -0.39 is 29.2 Å². The number of carbonyl (C=O) groups is 1. The van der Waals surface area contributed by atoms with Gasteiger partial charge in [0.1, 0.15) is 35.7 Å². The fraction of sp³-hybridized carbons (Fsp3) is 0.417. The molecule has 1 aromatic carbocycles. The Morgan fingerprint density at radius 2 is 2.03 bits per heavy atom. The summed E-state index contributed by atoms with van der Waals surface area (Å²) in [5.74, 6) is 0.483. The van der Waals surface area contributed by atoms with Crippen LogP contribution in [-0.2, 0) is 14.3 Å². The zero-order valence-electron chi connectivity index (χ0n) is 19.1. The van der Waals surface area contributed by atoms with E-state index in [1.807, 2.05) is 26.0 Å². The average molecular weight is 530 g/mol. The normalized spacial score (nSPS) is 17.8. The van der Waals surface area contributed by atoms with Crippen molar-refractivity contribution in [3.8, 4) is 6.07 Å². The second-order valence-electron chi connectivity index (χ2n) is 8.56. The maximum absolute atomic E-state index is 13.4. The number of aryl methyl sites for hydroxylation is 1. The van der Waals surface area contributed by atoms with Gasteiger partial charge in [-0.2, -0.15) is 5.26 Å². The SMILES string of the molecule is Cc1nc(N[C@H](C)c2cccc(C#N)c2C)c(C2OC=CO2)c(C(Br)C(=O)NC2(CF)CC2)n1. The van der Waals surface area contributed by atoms with Gasteiger partial charge < -0.3 is 20.1 Å². The minimum Gasteiger partial charge on any atom is -0.455 e. The number of nitrogens with one attached hydrogen (secondary N) is 2. The van der Waals surface area contributed by atoms with Gasteiger partial charge in [-0.3, -0.25) is 4.79 Å². The molecule has 1 aliphatic heterocycles. The molecule has 1 amide bonds. The number of alkyl halides is 2. The summed E-state index contributed by atoms with van der Waals surface area (Å²) in [6.07, 6.45) is 3.17. The van der Waals surface area contributed by atoms with Crippen molar-refractivity contribution < 1.29 is 18.7 Å². The molecule has 2 heterocycles. The molecule has 0 saturated heterocycles. The predicted octanol–water partition coefficient (Wildman–Crippen LogP) is 4.71. The second kappa shape index (κ2) is 9.58. The molecule has 2 aromatic rings.